The number of carbonyl (C=O) groups is 1. The normalized spacial score (nSPS) is 22.9. The van der Waals surface area contributed by atoms with Gasteiger partial charge in [0.2, 0.25) is 0 Å². The van der Waals surface area contributed by atoms with Crippen LogP contribution < -0.4 is 4.72 Å². The molecule has 7 heteroatoms. The Balaban J connectivity index is 2.80. The molecular formula is C10H20N2O4S. The van der Waals surface area contributed by atoms with Crippen molar-refractivity contribution in [3.05, 3.63) is 0 Å². The van der Waals surface area contributed by atoms with E-state index in [-0.39, 0.29) is 12.5 Å². The fraction of sp³-hybridized carbons (Fsp3) is 0.900. The third-order valence-electron chi connectivity index (χ3n) is 2.68. The predicted molar refractivity (Wildman–Crippen MR) is 63.8 cm³/mol. The minimum Gasteiger partial charge on any atom is -0.481 e. The summed E-state index contributed by atoms with van der Waals surface area (Å²) in [6, 6.07) is -0.607. The number of carboxylic acids is 1. The molecule has 1 saturated heterocycles. The van der Waals surface area contributed by atoms with Gasteiger partial charge in [-0.3, -0.25) is 4.79 Å². The molecule has 6 nitrogen and oxygen atoms in total. The zero-order valence-electron chi connectivity index (χ0n) is 10.2. The fourth-order valence-electron chi connectivity index (χ4n) is 2.06. The summed E-state index contributed by atoms with van der Waals surface area (Å²) in [6.07, 6.45) is 2.16. The molecular weight excluding hydrogens is 244 g/mol. The van der Waals surface area contributed by atoms with Gasteiger partial charge in [0, 0.05) is 18.6 Å². The summed E-state index contributed by atoms with van der Waals surface area (Å²) in [5.74, 6) is -0.957. The van der Waals surface area contributed by atoms with E-state index in [9.17, 15) is 13.2 Å². The molecule has 100 valence electrons. The van der Waals surface area contributed by atoms with Crippen LogP contribution in [0.2, 0.25) is 0 Å². The summed E-state index contributed by atoms with van der Waals surface area (Å²) < 4.78 is 27.8. The maximum absolute atomic E-state index is 12.0. The van der Waals surface area contributed by atoms with Gasteiger partial charge in [-0.1, -0.05) is 6.42 Å². The lowest BCUT2D eigenvalue weighted by molar-refractivity contribution is -0.138. The minimum atomic E-state index is -3.56. The van der Waals surface area contributed by atoms with Gasteiger partial charge in [-0.25, -0.2) is 0 Å². The standard InChI is InChI=1S/C10H20N2O4S/c1-8(2)11-17(15,16)12-6-4-3-5-9(12)7-10(13)14/h8-9,11H,3-7H2,1-2H3,(H,13,14). The predicted octanol–water partition coefficient (Wildman–Crippen LogP) is 0.558. The highest BCUT2D eigenvalue weighted by Gasteiger charge is 2.33. The zero-order chi connectivity index (χ0) is 13.1. The first-order valence-electron chi connectivity index (χ1n) is 5.84. The topological polar surface area (TPSA) is 86.7 Å². The van der Waals surface area contributed by atoms with Crippen LogP contribution in [0.5, 0.6) is 0 Å². The molecule has 1 unspecified atom stereocenters. The highest BCUT2D eigenvalue weighted by Crippen LogP contribution is 2.22. The van der Waals surface area contributed by atoms with Crippen molar-refractivity contribution in [2.24, 2.45) is 0 Å². The second-order valence-corrected chi connectivity index (χ2v) is 6.29. The number of nitrogens with one attached hydrogen (secondary N) is 1. The third-order valence-corrected chi connectivity index (χ3v) is 4.54. The molecule has 17 heavy (non-hydrogen) atoms. The molecule has 1 atom stereocenters. The maximum Gasteiger partial charge on any atom is 0.304 e. The fourth-order valence-corrected chi connectivity index (χ4v) is 3.73. The van der Waals surface area contributed by atoms with Gasteiger partial charge in [-0.05, 0) is 26.7 Å². The van der Waals surface area contributed by atoms with Crippen LogP contribution in [0.25, 0.3) is 0 Å². The van der Waals surface area contributed by atoms with E-state index in [0.717, 1.165) is 12.8 Å². The average Bonchev–Trinajstić information content (AvgIpc) is 2.15. The molecule has 0 aromatic rings. The summed E-state index contributed by atoms with van der Waals surface area (Å²) >= 11 is 0. The highest BCUT2D eigenvalue weighted by atomic mass is 32.2. The second-order valence-electron chi connectivity index (χ2n) is 4.64. The van der Waals surface area contributed by atoms with E-state index in [1.54, 1.807) is 13.8 Å². The van der Waals surface area contributed by atoms with Crippen molar-refractivity contribution in [2.45, 2.75) is 51.6 Å². The number of piperidine rings is 1. The second kappa shape index (κ2) is 5.79. The molecule has 1 rings (SSSR count). The van der Waals surface area contributed by atoms with Crippen molar-refractivity contribution in [2.75, 3.05) is 6.54 Å². The molecule has 0 radical (unpaired) electrons. The first-order chi connectivity index (χ1) is 7.83. The van der Waals surface area contributed by atoms with Gasteiger partial charge in [0.15, 0.2) is 0 Å². The summed E-state index contributed by atoms with van der Waals surface area (Å²) in [4.78, 5) is 10.7. The Morgan fingerprint density at radius 2 is 2.12 bits per heavy atom. The minimum absolute atomic E-state index is 0.126. The van der Waals surface area contributed by atoms with Gasteiger partial charge in [0.25, 0.3) is 10.2 Å². The molecule has 0 saturated carbocycles. The Morgan fingerprint density at radius 1 is 1.47 bits per heavy atom. The summed E-state index contributed by atoms with van der Waals surface area (Å²) in [7, 11) is -3.56. The van der Waals surface area contributed by atoms with Crippen LogP contribution >= 0.6 is 0 Å². The van der Waals surface area contributed by atoms with E-state index in [0.29, 0.717) is 13.0 Å². The van der Waals surface area contributed by atoms with Crippen molar-refractivity contribution >= 4 is 16.2 Å². The monoisotopic (exact) mass is 264 g/mol. The first-order valence-corrected chi connectivity index (χ1v) is 7.28. The number of carboxylic acid groups (broad SMARTS) is 1. The Kier molecular flexibility index (Phi) is 4.91. The highest BCUT2D eigenvalue weighted by molar-refractivity contribution is 7.87. The number of rotatable bonds is 5. The maximum atomic E-state index is 12.0. The number of nitrogens with zero attached hydrogens (tertiary/aromatic N) is 1. The van der Waals surface area contributed by atoms with Crippen LogP contribution in [0, 0.1) is 0 Å². The SMILES string of the molecule is CC(C)NS(=O)(=O)N1CCCCC1CC(=O)O. The Labute approximate surface area is 102 Å². The summed E-state index contributed by atoms with van der Waals surface area (Å²) in [6.45, 7) is 3.89. The van der Waals surface area contributed by atoms with Crippen molar-refractivity contribution in [1.29, 1.82) is 0 Å². The van der Waals surface area contributed by atoms with E-state index in [1.165, 1.54) is 4.31 Å². The van der Waals surface area contributed by atoms with Crippen LogP contribution in [-0.4, -0.2) is 42.4 Å². The van der Waals surface area contributed by atoms with Crippen molar-refractivity contribution < 1.29 is 18.3 Å². The van der Waals surface area contributed by atoms with Crippen LogP contribution in [-0.2, 0) is 15.0 Å². The molecule has 0 bridgehead atoms. The molecule has 1 fully saturated rings. The van der Waals surface area contributed by atoms with E-state index in [1.807, 2.05) is 0 Å². The largest absolute Gasteiger partial charge is 0.481 e. The van der Waals surface area contributed by atoms with Gasteiger partial charge in [-0.2, -0.15) is 17.4 Å². The Morgan fingerprint density at radius 3 is 2.65 bits per heavy atom. The Hall–Kier alpha value is -0.660. The van der Waals surface area contributed by atoms with Crippen molar-refractivity contribution in [3.63, 3.8) is 0 Å². The molecule has 0 spiro atoms. The molecule has 0 amide bonds. The molecule has 0 aromatic heterocycles. The van der Waals surface area contributed by atoms with Gasteiger partial charge in [-0.15, -0.1) is 0 Å². The molecule has 2 N–H and O–H groups in total. The lowest BCUT2D eigenvalue weighted by Gasteiger charge is -2.34. The van der Waals surface area contributed by atoms with Gasteiger partial charge < -0.3 is 5.11 Å². The summed E-state index contributed by atoms with van der Waals surface area (Å²) in [5.41, 5.74) is 0. The molecule has 1 aliphatic heterocycles. The lowest BCUT2D eigenvalue weighted by Crippen LogP contribution is -2.51. The van der Waals surface area contributed by atoms with Crippen LogP contribution in [0.1, 0.15) is 39.5 Å². The van der Waals surface area contributed by atoms with E-state index >= 15 is 0 Å². The molecule has 0 aromatic carbocycles. The van der Waals surface area contributed by atoms with Crippen LogP contribution in [0.15, 0.2) is 0 Å². The van der Waals surface area contributed by atoms with Crippen molar-refractivity contribution in [3.8, 4) is 0 Å². The van der Waals surface area contributed by atoms with Gasteiger partial charge in [0.05, 0.1) is 6.42 Å². The third kappa shape index (κ3) is 4.25. The number of hydrogen-bond donors (Lipinski definition) is 2. The molecule has 1 aliphatic rings. The molecule has 1 heterocycles. The average molecular weight is 264 g/mol. The van der Waals surface area contributed by atoms with Gasteiger partial charge in [0.1, 0.15) is 0 Å². The first kappa shape index (κ1) is 14.4. The number of hydrogen-bond acceptors (Lipinski definition) is 3. The summed E-state index contributed by atoms with van der Waals surface area (Å²) in [5, 5.41) is 8.79. The smallest absolute Gasteiger partial charge is 0.304 e. The van der Waals surface area contributed by atoms with Gasteiger partial charge >= 0.3 is 5.97 Å². The van der Waals surface area contributed by atoms with E-state index in [2.05, 4.69) is 4.72 Å². The quantitative estimate of drug-likeness (QED) is 0.759. The zero-order valence-corrected chi connectivity index (χ0v) is 11.0. The Bertz CT molecular complexity index is 367. The van der Waals surface area contributed by atoms with E-state index in [4.69, 9.17) is 5.11 Å². The molecule has 0 aliphatic carbocycles. The van der Waals surface area contributed by atoms with E-state index < -0.39 is 22.2 Å². The van der Waals surface area contributed by atoms with Crippen LogP contribution in [0.3, 0.4) is 0 Å². The number of aliphatic carboxylic acids is 1. The van der Waals surface area contributed by atoms with Crippen LogP contribution in [0.4, 0.5) is 0 Å². The van der Waals surface area contributed by atoms with Crippen molar-refractivity contribution in [1.82, 2.24) is 9.03 Å². The lowest BCUT2D eigenvalue weighted by atomic mass is 10.0.